The van der Waals surface area contributed by atoms with Crippen LogP contribution in [0.3, 0.4) is 0 Å². The molecule has 0 unspecified atom stereocenters. The average Bonchev–Trinajstić information content (AvgIpc) is 3.32. The number of anilines is 3. The number of rotatable bonds is 6. The largest absolute Gasteiger partial charge is 0.416 e. The zero-order chi connectivity index (χ0) is 29.7. The third-order valence-corrected chi connectivity index (χ3v) is 5.84. The van der Waals surface area contributed by atoms with Gasteiger partial charge in [-0.05, 0) is 55.5 Å². The second-order valence-electron chi connectivity index (χ2n) is 8.78. The highest BCUT2D eigenvalue weighted by Crippen LogP contribution is 2.33. The van der Waals surface area contributed by atoms with Gasteiger partial charge in [-0.15, -0.1) is 0 Å². The summed E-state index contributed by atoms with van der Waals surface area (Å²) in [5.41, 5.74) is -0.0118. The number of alkyl halides is 3. The molecule has 1 fully saturated rings. The number of benzene rings is 1. The maximum atomic E-state index is 13.8. The first-order valence-corrected chi connectivity index (χ1v) is 12.0. The van der Waals surface area contributed by atoms with Crippen LogP contribution in [0.2, 0.25) is 0 Å². The standard InChI is InChI=1S/C28H22F4N6O3/c1-3-25(39)36-21-12-18(14-33-15-21)5-4-10-37(22-8-6-20(29)7-9-22)26(40)23-16-34-27(41)38(23)24-13-19(28(30,31)32)11-17(2)35-24/h3,6-9,11-15,23H,1,10,16H2,2H3,(H,34,41)(H,36,39)/t23-/m0/s1. The van der Waals surface area contributed by atoms with Gasteiger partial charge in [0.15, 0.2) is 0 Å². The first-order chi connectivity index (χ1) is 19.5. The summed E-state index contributed by atoms with van der Waals surface area (Å²) in [5.74, 6) is 3.61. The van der Waals surface area contributed by atoms with E-state index in [9.17, 15) is 31.9 Å². The number of aryl methyl sites for hydroxylation is 1. The van der Waals surface area contributed by atoms with Gasteiger partial charge in [-0.2, -0.15) is 13.2 Å². The summed E-state index contributed by atoms with van der Waals surface area (Å²) < 4.78 is 54.0. The molecule has 210 valence electrons. The highest BCUT2D eigenvalue weighted by Gasteiger charge is 2.41. The predicted molar refractivity (Wildman–Crippen MR) is 142 cm³/mol. The number of halogens is 4. The molecular formula is C28H22F4N6O3. The van der Waals surface area contributed by atoms with Gasteiger partial charge in [0.05, 0.1) is 24.0 Å². The van der Waals surface area contributed by atoms with Crippen molar-refractivity contribution in [3.8, 4) is 11.8 Å². The van der Waals surface area contributed by atoms with E-state index in [1.165, 1.54) is 36.4 Å². The molecule has 0 spiro atoms. The second-order valence-corrected chi connectivity index (χ2v) is 8.78. The molecule has 4 rings (SSSR count). The number of nitrogens with one attached hydrogen (secondary N) is 2. The molecule has 1 aliphatic heterocycles. The van der Waals surface area contributed by atoms with Crippen molar-refractivity contribution in [2.24, 2.45) is 0 Å². The van der Waals surface area contributed by atoms with Gasteiger partial charge in [-0.3, -0.25) is 24.4 Å². The van der Waals surface area contributed by atoms with E-state index >= 15 is 0 Å². The highest BCUT2D eigenvalue weighted by molar-refractivity contribution is 6.08. The minimum absolute atomic E-state index is 0.00195. The summed E-state index contributed by atoms with van der Waals surface area (Å²) in [4.78, 5) is 48.2. The van der Waals surface area contributed by atoms with Gasteiger partial charge in [-0.25, -0.2) is 14.2 Å². The lowest BCUT2D eigenvalue weighted by Gasteiger charge is -2.28. The normalized spacial score (nSPS) is 14.5. The lowest BCUT2D eigenvalue weighted by Crippen LogP contribution is -2.48. The Labute approximate surface area is 231 Å². The van der Waals surface area contributed by atoms with E-state index < -0.39 is 41.4 Å². The fourth-order valence-electron chi connectivity index (χ4n) is 3.99. The molecule has 2 aromatic heterocycles. The fraction of sp³-hybridized carbons (Fsp3) is 0.179. The van der Waals surface area contributed by atoms with Crippen LogP contribution in [-0.2, 0) is 15.8 Å². The van der Waals surface area contributed by atoms with Crippen LogP contribution < -0.4 is 20.4 Å². The Morgan fingerprint density at radius 1 is 1.22 bits per heavy atom. The number of urea groups is 1. The molecule has 1 atom stereocenters. The molecule has 0 aliphatic carbocycles. The van der Waals surface area contributed by atoms with Crippen LogP contribution in [0.4, 0.5) is 39.5 Å². The van der Waals surface area contributed by atoms with E-state index in [0.717, 1.165) is 29.2 Å². The van der Waals surface area contributed by atoms with Gasteiger partial charge >= 0.3 is 12.2 Å². The maximum Gasteiger partial charge on any atom is 0.416 e. The molecule has 1 saturated heterocycles. The molecule has 9 nitrogen and oxygen atoms in total. The lowest BCUT2D eigenvalue weighted by molar-refractivity contribution is -0.137. The minimum atomic E-state index is -4.70. The van der Waals surface area contributed by atoms with Gasteiger partial charge in [-0.1, -0.05) is 18.4 Å². The number of amides is 4. The molecule has 0 bridgehead atoms. The van der Waals surface area contributed by atoms with Crippen LogP contribution in [0.1, 0.15) is 16.8 Å². The molecule has 1 aliphatic rings. The number of hydrogen-bond donors (Lipinski definition) is 2. The van der Waals surface area contributed by atoms with Gasteiger partial charge in [0.2, 0.25) is 5.91 Å². The Balaban J connectivity index is 1.66. The van der Waals surface area contributed by atoms with Crippen molar-refractivity contribution < 1.29 is 31.9 Å². The van der Waals surface area contributed by atoms with Crippen molar-refractivity contribution in [3.63, 3.8) is 0 Å². The second kappa shape index (κ2) is 11.9. The van der Waals surface area contributed by atoms with Crippen molar-refractivity contribution in [1.29, 1.82) is 0 Å². The number of carbonyl (C=O) groups is 3. The van der Waals surface area contributed by atoms with Gasteiger partial charge in [0.1, 0.15) is 17.7 Å². The summed E-state index contributed by atoms with van der Waals surface area (Å²) in [6.45, 7) is 4.27. The molecule has 3 heterocycles. The van der Waals surface area contributed by atoms with Gasteiger partial charge in [0.25, 0.3) is 5.91 Å². The van der Waals surface area contributed by atoms with Gasteiger partial charge in [0, 0.05) is 29.7 Å². The number of aromatic nitrogens is 2. The Morgan fingerprint density at radius 2 is 1.95 bits per heavy atom. The van der Waals surface area contributed by atoms with E-state index in [1.807, 2.05) is 0 Å². The third kappa shape index (κ3) is 6.85. The molecule has 3 aromatic rings. The number of hydrogen-bond acceptors (Lipinski definition) is 5. The first-order valence-electron chi connectivity index (χ1n) is 12.0. The number of pyridine rings is 2. The summed E-state index contributed by atoms with van der Waals surface area (Å²) >= 11 is 0. The van der Waals surface area contributed by atoms with Crippen molar-refractivity contribution in [2.75, 3.05) is 28.2 Å². The highest BCUT2D eigenvalue weighted by atomic mass is 19.4. The van der Waals surface area contributed by atoms with Crippen LogP contribution in [-0.4, -0.2) is 46.9 Å². The SMILES string of the molecule is C=CC(=O)Nc1cncc(C#CCN(C(=O)[C@@H]2CNC(=O)N2c2cc(C(F)(F)F)cc(C)n2)c2ccc(F)cc2)c1. The zero-order valence-corrected chi connectivity index (χ0v) is 21.5. The number of carbonyl (C=O) groups excluding carboxylic acids is 3. The molecule has 13 heteroatoms. The Kier molecular flexibility index (Phi) is 8.32. The van der Waals surface area contributed by atoms with E-state index in [1.54, 1.807) is 6.07 Å². The fourth-order valence-corrected chi connectivity index (χ4v) is 3.99. The topological polar surface area (TPSA) is 108 Å². The van der Waals surface area contributed by atoms with Gasteiger partial charge < -0.3 is 10.6 Å². The summed E-state index contributed by atoms with van der Waals surface area (Å²) in [6, 6.07) is 5.94. The molecule has 4 amide bonds. The average molecular weight is 567 g/mol. The molecule has 0 radical (unpaired) electrons. The van der Waals surface area contributed by atoms with E-state index in [4.69, 9.17) is 0 Å². The Bertz CT molecular complexity index is 1560. The zero-order valence-electron chi connectivity index (χ0n) is 21.5. The summed E-state index contributed by atoms with van der Waals surface area (Å²) in [6.07, 6.45) is -0.770. The quantitative estimate of drug-likeness (QED) is 0.266. The predicted octanol–water partition coefficient (Wildman–Crippen LogP) is 4.05. The van der Waals surface area contributed by atoms with E-state index in [2.05, 4.69) is 39.0 Å². The lowest BCUT2D eigenvalue weighted by atomic mass is 10.1. The van der Waals surface area contributed by atoms with Crippen LogP contribution in [0, 0.1) is 24.6 Å². The third-order valence-electron chi connectivity index (χ3n) is 5.84. The number of nitrogens with zero attached hydrogens (tertiary/aromatic N) is 4. The van der Waals surface area contributed by atoms with E-state index in [-0.39, 0.29) is 30.3 Å². The summed E-state index contributed by atoms with van der Waals surface area (Å²) in [7, 11) is 0. The molecule has 2 N–H and O–H groups in total. The van der Waals surface area contributed by atoms with Crippen LogP contribution in [0.25, 0.3) is 0 Å². The Hall–Kier alpha value is -5.25. The van der Waals surface area contributed by atoms with Crippen molar-refractivity contribution in [2.45, 2.75) is 19.1 Å². The molecule has 0 saturated carbocycles. The maximum absolute atomic E-state index is 13.8. The monoisotopic (exact) mass is 566 g/mol. The van der Waals surface area contributed by atoms with Crippen molar-refractivity contribution >= 4 is 35.0 Å². The smallest absolute Gasteiger partial charge is 0.335 e. The van der Waals surface area contributed by atoms with Crippen LogP contribution >= 0.6 is 0 Å². The van der Waals surface area contributed by atoms with Crippen molar-refractivity contribution in [3.05, 3.63) is 90.2 Å². The first kappa shape index (κ1) is 28.8. The molecule has 1 aromatic carbocycles. The van der Waals surface area contributed by atoms with Crippen molar-refractivity contribution in [1.82, 2.24) is 15.3 Å². The summed E-state index contributed by atoms with van der Waals surface area (Å²) in [5, 5.41) is 5.02. The minimum Gasteiger partial charge on any atom is -0.335 e. The van der Waals surface area contributed by atoms with Crippen LogP contribution in [0.15, 0.2) is 67.5 Å². The molecule has 41 heavy (non-hydrogen) atoms. The molecular weight excluding hydrogens is 544 g/mol. The Morgan fingerprint density at radius 3 is 2.63 bits per heavy atom. The van der Waals surface area contributed by atoms with E-state index in [0.29, 0.717) is 17.3 Å². The van der Waals surface area contributed by atoms with Crippen LogP contribution in [0.5, 0.6) is 0 Å².